The van der Waals surface area contributed by atoms with Gasteiger partial charge in [0.25, 0.3) is 5.89 Å². The Morgan fingerprint density at radius 3 is 2.67 bits per heavy atom. The molecule has 0 radical (unpaired) electrons. The third-order valence-corrected chi connectivity index (χ3v) is 5.04. The molecule has 2 aromatic carbocycles. The van der Waals surface area contributed by atoms with Gasteiger partial charge in [-0.05, 0) is 47.7 Å². The fraction of sp³-hybridized carbons (Fsp3) is 0.250. The molecule has 1 aliphatic rings. The first-order chi connectivity index (χ1) is 13.1. The van der Waals surface area contributed by atoms with Crippen LogP contribution in [0.3, 0.4) is 0 Å². The van der Waals surface area contributed by atoms with Gasteiger partial charge in [-0.2, -0.15) is 4.98 Å². The van der Waals surface area contributed by atoms with Gasteiger partial charge in [-0.3, -0.25) is 4.79 Å². The standard InChI is InChI=1S/C20H16BrFN2O3/c21-14-5-3-13(4-6-14)16-10-17(16)20(25)26-11-19-23-18(24-27-19)9-12-1-7-15(22)8-2-12/h1-8,16-17H,9-11H2/t16-,17+/m0/s1. The summed E-state index contributed by atoms with van der Waals surface area (Å²) in [7, 11) is 0. The Morgan fingerprint density at radius 1 is 1.19 bits per heavy atom. The van der Waals surface area contributed by atoms with Gasteiger partial charge >= 0.3 is 5.97 Å². The number of hydrogen-bond donors (Lipinski definition) is 0. The van der Waals surface area contributed by atoms with E-state index in [0.29, 0.717) is 12.2 Å². The van der Waals surface area contributed by atoms with E-state index in [0.717, 1.165) is 22.0 Å². The van der Waals surface area contributed by atoms with Crippen molar-refractivity contribution in [2.24, 2.45) is 5.92 Å². The van der Waals surface area contributed by atoms with E-state index in [9.17, 15) is 9.18 Å². The van der Waals surface area contributed by atoms with Crippen LogP contribution in [-0.4, -0.2) is 16.1 Å². The van der Waals surface area contributed by atoms with E-state index in [1.807, 2.05) is 24.3 Å². The molecule has 7 heteroatoms. The van der Waals surface area contributed by atoms with Gasteiger partial charge < -0.3 is 9.26 Å². The molecule has 1 aliphatic carbocycles. The van der Waals surface area contributed by atoms with Crippen molar-refractivity contribution < 1.29 is 18.4 Å². The van der Waals surface area contributed by atoms with Crippen molar-refractivity contribution in [2.45, 2.75) is 25.4 Å². The van der Waals surface area contributed by atoms with Crippen molar-refractivity contribution in [3.05, 3.63) is 81.7 Å². The molecule has 0 spiro atoms. The zero-order chi connectivity index (χ0) is 18.8. The largest absolute Gasteiger partial charge is 0.455 e. The summed E-state index contributed by atoms with van der Waals surface area (Å²) in [6.45, 7) is -0.0428. The smallest absolute Gasteiger partial charge is 0.310 e. The van der Waals surface area contributed by atoms with Crippen molar-refractivity contribution in [3.63, 3.8) is 0 Å². The number of ether oxygens (including phenoxy) is 1. The number of hydrogen-bond acceptors (Lipinski definition) is 5. The molecule has 4 rings (SSSR count). The number of carbonyl (C=O) groups excluding carboxylic acids is 1. The zero-order valence-corrected chi connectivity index (χ0v) is 15.9. The first kappa shape index (κ1) is 17.9. The fourth-order valence-electron chi connectivity index (χ4n) is 2.98. The highest BCUT2D eigenvalue weighted by Crippen LogP contribution is 2.48. The van der Waals surface area contributed by atoms with Gasteiger partial charge in [0, 0.05) is 10.9 Å². The fourth-order valence-corrected chi connectivity index (χ4v) is 3.24. The number of esters is 1. The van der Waals surface area contributed by atoms with Gasteiger partial charge in [0.2, 0.25) is 0 Å². The summed E-state index contributed by atoms with van der Waals surface area (Å²) in [6.07, 6.45) is 1.21. The molecule has 138 valence electrons. The van der Waals surface area contributed by atoms with E-state index in [4.69, 9.17) is 9.26 Å². The van der Waals surface area contributed by atoms with Crippen LogP contribution in [0.15, 0.2) is 57.5 Å². The second-order valence-corrected chi connectivity index (χ2v) is 7.43. The third kappa shape index (κ3) is 4.42. The van der Waals surface area contributed by atoms with Crippen LogP contribution in [0.1, 0.15) is 35.2 Å². The predicted molar refractivity (Wildman–Crippen MR) is 98.3 cm³/mol. The van der Waals surface area contributed by atoms with Gasteiger partial charge in [0.1, 0.15) is 5.82 Å². The summed E-state index contributed by atoms with van der Waals surface area (Å²) < 4.78 is 24.4. The molecule has 0 aliphatic heterocycles. The Morgan fingerprint density at radius 2 is 1.93 bits per heavy atom. The Balaban J connectivity index is 1.28. The molecule has 0 amide bonds. The van der Waals surface area contributed by atoms with Crippen LogP contribution in [0, 0.1) is 11.7 Å². The lowest BCUT2D eigenvalue weighted by Gasteiger charge is -2.02. The lowest BCUT2D eigenvalue weighted by Crippen LogP contribution is -2.08. The molecular weight excluding hydrogens is 415 g/mol. The molecule has 27 heavy (non-hydrogen) atoms. The Labute approximate surface area is 163 Å². The number of rotatable bonds is 6. The van der Waals surface area contributed by atoms with E-state index >= 15 is 0 Å². The maximum absolute atomic E-state index is 12.9. The average Bonchev–Trinajstić information content (AvgIpc) is 3.35. The van der Waals surface area contributed by atoms with Crippen molar-refractivity contribution in [1.29, 1.82) is 0 Å². The van der Waals surface area contributed by atoms with Crippen LogP contribution < -0.4 is 0 Å². The summed E-state index contributed by atoms with van der Waals surface area (Å²) >= 11 is 3.40. The van der Waals surface area contributed by atoms with Crippen molar-refractivity contribution in [1.82, 2.24) is 10.1 Å². The Kier molecular flexibility index (Phi) is 5.03. The molecule has 0 bridgehead atoms. The third-order valence-electron chi connectivity index (χ3n) is 4.51. The lowest BCUT2D eigenvalue weighted by molar-refractivity contribution is -0.147. The number of nitrogens with zero attached hydrogens (tertiary/aromatic N) is 2. The van der Waals surface area contributed by atoms with Crippen LogP contribution in [0.4, 0.5) is 4.39 Å². The molecule has 1 aromatic heterocycles. The minimum Gasteiger partial charge on any atom is -0.455 e. The van der Waals surface area contributed by atoms with E-state index in [1.54, 1.807) is 12.1 Å². The SMILES string of the molecule is O=C(OCc1nc(Cc2ccc(F)cc2)no1)[C@@H]1C[C@H]1c1ccc(Br)cc1. The molecular formula is C20H16BrFN2O3. The van der Waals surface area contributed by atoms with Gasteiger partial charge in [-0.1, -0.05) is 45.4 Å². The quantitative estimate of drug-likeness (QED) is 0.541. The zero-order valence-electron chi connectivity index (χ0n) is 14.3. The highest BCUT2D eigenvalue weighted by molar-refractivity contribution is 9.10. The molecule has 1 fully saturated rings. The minimum absolute atomic E-state index is 0.0428. The molecule has 1 saturated carbocycles. The predicted octanol–water partition coefficient (Wildman–Crippen LogP) is 4.41. The van der Waals surface area contributed by atoms with Crippen molar-refractivity contribution in [2.75, 3.05) is 0 Å². The molecule has 1 heterocycles. The molecule has 5 nitrogen and oxygen atoms in total. The molecule has 0 N–H and O–H groups in total. The Bertz CT molecular complexity index is 941. The van der Waals surface area contributed by atoms with Crippen molar-refractivity contribution in [3.8, 4) is 0 Å². The van der Waals surface area contributed by atoms with Crippen LogP contribution >= 0.6 is 15.9 Å². The molecule has 0 saturated heterocycles. The van der Waals surface area contributed by atoms with Crippen LogP contribution in [0.25, 0.3) is 0 Å². The van der Waals surface area contributed by atoms with Crippen molar-refractivity contribution >= 4 is 21.9 Å². The van der Waals surface area contributed by atoms with Gasteiger partial charge in [0.05, 0.1) is 5.92 Å². The number of carbonyl (C=O) groups is 1. The average molecular weight is 431 g/mol. The van der Waals surface area contributed by atoms with E-state index in [2.05, 4.69) is 26.1 Å². The Hall–Kier alpha value is -2.54. The van der Waals surface area contributed by atoms with Crippen LogP contribution in [0.2, 0.25) is 0 Å². The van der Waals surface area contributed by atoms with E-state index in [1.165, 1.54) is 12.1 Å². The first-order valence-corrected chi connectivity index (χ1v) is 9.36. The van der Waals surface area contributed by atoms with Crippen LogP contribution in [0.5, 0.6) is 0 Å². The highest BCUT2D eigenvalue weighted by Gasteiger charge is 2.45. The van der Waals surface area contributed by atoms with Crippen LogP contribution in [-0.2, 0) is 22.6 Å². The minimum atomic E-state index is -0.291. The van der Waals surface area contributed by atoms with Gasteiger partial charge in [-0.25, -0.2) is 4.39 Å². The summed E-state index contributed by atoms with van der Waals surface area (Å²) in [6, 6.07) is 14.1. The lowest BCUT2D eigenvalue weighted by atomic mass is 10.1. The highest BCUT2D eigenvalue weighted by atomic mass is 79.9. The van der Waals surface area contributed by atoms with E-state index < -0.39 is 0 Å². The summed E-state index contributed by atoms with van der Waals surface area (Å²) in [5, 5.41) is 3.87. The number of benzene rings is 2. The summed E-state index contributed by atoms with van der Waals surface area (Å²) in [4.78, 5) is 16.4. The second kappa shape index (κ2) is 7.60. The van der Waals surface area contributed by atoms with Gasteiger partial charge in [0.15, 0.2) is 12.4 Å². The second-order valence-electron chi connectivity index (χ2n) is 6.52. The normalized spacial score (nSPS) is 18.3. The number of aromatic nitrogens is 2. The topological polar surface area (TPSA) is 65.2 Å². The maximum atomic E-state index is 12.9. The monoisotopic (exact) mass is 430 g/mol. The molecule has 2 atom stereocenters. The summed E-state index contributed by atoms with van der Waals surface area (Å²) in [5.74, 6) is 0.269. The number of halogens is 2. The summed E-state index contributed by atoms with van der Waals surface area (Å²) in [5.41, 5.74) is 2.01. The maximum Gasteiger partial charge on any atom is 0.310 e. The molecule has 3 aromatic rings. The first-order valence-electron chi connectivity index (χ1n) is 8.56. The van der Waals surface area contributed by atoms with Gasteiger partial charge in [-0.15, -0.1) is 0 Å². The van der Waals surface area contributed by atoms with E-state index in [-0.39, 0.29) is 36.1 Å². The molecule has 0 unspecified atom stereocenters.